The largest absolute Gasteiger partial charge is 0.497 e. The van der Waals surface area contributed by atoms with E-state index in [9.17, 15) is 4.79 Å². The Balaban J connectivity index is 2.00. The van der Waals surface area contributed by atoms with E-state index in [0.717, 1.165) is 4.47 Å². The van der Waals surface area contributed by atoms with Crippen LogP contribution < -0.4 is 9.47 Å². The van der Waals surface area contributed by atoms with Gasteiger partial charge in [0.1, 0.15) is 11.5 Å². The molecular formula is C17H13BrN2O4. The molecule has 1 aromatic carbocycles. The lowest BCUT2D eigenvalue weighted by Crippen LogP contribution is -2.05. The highest BCUT2D eigenvalue weighted by molar-refractivity contribution is 9.10. The van der Waals surface area contributed by atoms with E-state index in [1.807, 2.05) is 0 Å². The van der Waals surface area contributed by atoms with Gasteiger partial charge >= 0.3 is 5.97 Å². The fourth-order valence-electron chi connectivity index (χ4n) is 2.16. The molecule has 0 spiro atoms. The second kappa shape index (κ2) is 6.84. The van der Waals surface area contributed by atoms with Crippen molar-refractivity contribution in [2.45, 2.75) is 0 Å². The minimum atomic E-state index is -0.533. The summed E-state index contributed by atoms with van der Waals surface area (Å²) in [6, 6.07) is 7.06. The van der Waals surface area contributed by atoms with E-state index >= 15 is 0 Å². The van der Waals surface area contributed by atoms with Gasteiger partial charge in [-0.15, -0.1) is 0 Å². The van der Waals surface area contributed by atoms with Crippen LogP contribution in [0.25, 0.3) is 6.08 Å². The van der Waals surface area contributed by atoms with Gasteiger partial charge in [0, 0.05) is 22.4 Å². The fraction of sp³-hybridized carbons (Fsp3) is 0.118. The molecule has 0 unspecified atom stereocenters. The molecule has 0 aliphatic carbocycles. The first-order valence-electron chi connectivity index (χ1n) is 6.96. The molecule has 0 fully saturated rings. The van der Waals surface area contributed by atoms with Gasteiger partial charge in [-0.3, -0.25) is 4.98 Å². The van der Waals surface area contributed by atoms with Crippen molar-refractivity contribution in [3.05, 3.63) is 58.0 Å². The van der Waals surface area contributed by atoms with Crippen molar-refractivity contribution in [3.8, 4) is 11.5 Å². The first kappa shape index (κ1) is 16.2. The van der Waals surface area contributed by atoms with Crippen LogP contribution in [-0.4, -0.2) is 31.1 Å². The Morgan fingerprint density at radius 3 is 2.71 bits per heavy atom. The average molecular weight is 389 g/mol. The number of hydrogen-bond acceptors (Lipinski definition) is 6. The maximum absolute atomic E-state index is 12.1. The van der Waals surface area contributed by atoms with E-state index in [4.69, 9.17) is 14.2 Å². The summed E-state index contributed by atoms with van der Waals surface area (Å²) in [5.74, 6) is 0.926. The number of benzene rings is 1. The molecule has 0 N–H and O–H groups in total. The Morgan fingerprint density at radius 2 is 2.00 bits per heavy atom. The average Bonchev–Trinajstić information content (AvgIpc) is 2.95. The molecule has 2 heterocycles. The summed E-state index contributed by atoms with van der Waals surface area (Å²) < 4.78 is 16.5. The van der Waals surface area contributed by atoms with E-state index < -0.39 is 5.97 Å². The molecule has 2 aromatic rings. The van der Waals surface area contributed by atoms with Gasteiger partial charge in [0.2, 0.25) is 5.90 Å². The van der Waals surface area contributed by atoms with E-state index in [1.165, 1.54) is 0 Å². The summed E-state index contributed by atoms with van der Waals surface area (Å²) in [7, 11) is 3.12. The number of nitrogens with zero attached hydrogens (tertiary/aromatic N) is 2. The van der Waals surface area contributed by atoms with Gasteiger partial charge in [-0.05, 0) is 46.3 Å². The molecular weight excluding hydrogens is 376 g/mol. The minimum Gasteiger partial charge on any atom is -0.497 e. The van der Waals surface area contributed by atoms with Crippen molar-refractivity contribution in [1.82, 2.24) is 4.98 Å². The van der Waals surface area contributed by atoms with Crippen LogP contribution in [0.4, 0.5) is 0 Å². The lowest BCUT2D eigenvalue weighted by atomic mass is 10.1. The van der Waals surface area contributed by atoms with Gasteiger partial charge in [-0.2, -0.15) is 0 Å². The van der Waals surface area contributed by atoms with Gasteiger partial charge in [0.25, 0.3) is 0 Å². The number of methoxy groups -OCH3 is 2. The van der Waals surface area contributed by atoms with Gasteiger partial charge < -0.3 is 14.2 Å². The maximum atomic E-state index is 12.1. The Kier molecular flexibility index (Phi) is 4.61. The Labute approximate surface area is 146 Å². The monoisotopic (exact) mass is 388 g/mol. The smallest absolute Gasteiger partial charge is 0.363 e. The van der Waals surface area contributed by atoms with Crippen LogP contribution in [0.1, 0.15) is 11.1 Å². The van der Waals surface area contributed by atoms with Crippen molar-refractivity contribution in [1.29, 1.82) is 0 Å². The standard InChI is InChI=1S/C17H13BrN2O4/c1-22-13-3-4-15(23-2)10(6-13)7-14-17(21)24-16(20-14)11-5-12(18)9-19-8-11/h3-9H,1-2H3/b14-7+. The maximum Gasteiger partial charge on any atom is 0.363 e. The zero-order valence-corrected chi connectivity index (χ0v) is 14.5. The first-order chi connectivity index (χ1) is 11.6. The van der Waals surface area contributed by atoms with Crippen LogP contribution in [0.2, 0.25) is 0 Å². The highest BCUT2D eigenvalue weighted by atomic mass is 79.9. The van der Waals surface area contributed by atoms with Crippen LogP contribution in [0, 0.1) is 0 Å². The molecule has 24 heavy (non-hydrogen) atoms. The van der Waals surface area contributed by atoms with Crippen LogP contribution in [0.15, 0.2) is 51.8 Å². The third-order valence-corrected chi connectivity index (χ3v) is 3.74. The molecule has 6 nitrogen and oxygen atoms in total. The predicted molar refractivity (Wildman–Crippen MR) is 92.1 cm³/mol. The summed E-state index contributed by atoms with van der Waals surface area (Å²) >= 11 is 3.32. The number of rotatable bonds is 4. The second-order valence-corrected chi connectivity index (χ2v) is 5.75. The molecule has 3 rings (SSSR count). The van der Waals surface area contributed by atoms with Gasteiger partial charge in [-0.25, -0.2) is 9.79 Å². The SMILES string of the molecule is COc1ccc(OC)c(/C=C2/N=C(c3cncc(Br)c3)OC2=O)c1. The fourth-order valence-corrected chi connectivity index (χ4v) is 2.53. The van der Waals surface area contributed by atoms with Crippen LogP contribution >= 0.6 is 15.9 Å². The number of aliphatic imine (C=N–C) groups is 1. The zero-order valence-electron chi connectivity index (χ0n) is 12.9. The van der Waals surface area contributed by atoms with Crippen molar-refractivity contribution in [3.63, 3.8) is 0 Å². The molecule has 0 saturated heterocycles. The topological polar surface area (TPSA) is 70.0 Å². The number of aromatic nitrogens is 1. The first-order valence-corrected chi connectivity index (χ1v) is 7.75. The van der Waals surface area contributed by atoms with Crippen molar-refractivity contribution >= 4 is 33.9 Å². The van der Waals surface area contributed by atoms with Crippen molar-refractivity contribution in [2.75, 3.05) is 14.2 Å². The van der Waals surface area contributed by atoms with E-state index in [0.29, 0.717) is 22.6 Å². The molecule has 1 aliphatic rings. The summed E-state index contributed by atoms with van der Waals surface area (Å²) in [5, 5.41) is 0. The van der Waals surface area contributed by atoms with Gasteiger partial charge in [0.05, 0.1) is 19.8 Å². The Hall–Kier alpha value is -2.67. The molecule has 0 radical (unpaired) electrons. The zero-order chi connectivity index (χ0) is 17.1. The van der Waals surface area contributed by atoms with E-state index in [1.54, 1.807) is 57.0 Å². The van der Waals surface area contributed by atoms with Crippen molar-refractivity contribution in [2.24, 2.45) is 4.99 Å². The lowest BCUT2D eigenvalue weighted by molar-refractivity contribution is -0.129. The second-order valence-electron chi connectivity index (χ2n) is 4.84. The Bertz CT molecular complexity index is 861. The quantitative estimate of drug-likeness (QED) is 0.593. The number of hydrogen-bond donors (Lipinski definition) is 0. The van der Waals surface area contributed by atoms with Gasteiger partial charge in [0.15, 0.2) is 5.70 Å². The summed E-state index contributed by atoms with van der Waals surface area (Å²) in [4.78, 5) is 20.4. The normalized spacial score (nSPS) is 15.2. The summed E-state index contributed by atoms with van der Waals surface area (Å²) in [5.41, 5.74) is 1.46. The highest BCUT2D eigenvalue weighted by Crippen LogP contribution is 2.28. The van der Waals surface area contributed by atoms with Crippen LogP contribution in [-0.2, 0) is 9.53 Å². The van der Waals surface area contributed by atoms with Crippen molar-refractivity contribution < 1.29 is 19.0 Å². The molecule has 0 amide bonds. The summed E-state index contributed by atoms with van der Waals surface area (Å²) in [6.07, 6.45) is 4.81. The molecule has 0 atom stereocenters. The number of carbonyl (C=O) groups excluding carboxylic acids is 1. The van der Waals surface area contributed by atoms with Crippen LogP contribution in [0.3, 0.4) is 0 Å². The molecule has 122 valence electrons. The Morgan fingerprint density at radius 1 is 1.17 bits per heavy atom. The third kappa shape index (κ3) is 3.30. The lowest BCUT2D eigenvalue weighted by Gasteiger charge is -2.07. The summed E-state index contributed by atoms with van der Waals surface area (Å²) in [6.45, 7) is 0. The number of ether oxygens (including phenoxy) is 3. The number of esters is 1. The van der Waals surface area contributed by atoms with Gasteiger partial charge in [-0.1, -0.05) is 0 Å². The number of cyclic esters (lactones) is 1. The molecule has 1 aromatic heterocycles. The van der Waals surface area contributed by atoms with Crippen LogP contribution in [0.5, 0.6) is 11.5 Å². The highest BCUT2D eigenvalue weighted by Gasteiger charge is 2.25. The number of carbonyl (C=O) groups is 1. The van der Waals surface area contributed by atoms with E-state index in [2.05, 4.69) is 25.9 Å². The third-order valence-electron chi connectivity index (χ3n) is 3.30. The molecule has 0 saturated carbocycles. The predicted octanol–water partition coefficient (Wildman–Crippen LogP) is 3.21. The van der Waals surface area contributed by atoms with E-state index in [-0.39, 0.29) is 11.6 Å². The molecule has 1 aliphatic heterocycles. The number of pyridine rings is 1. The number of halogens is 1. The molecule has 0 bridgehead atoms. The molecule has 7 heteroatoms. The minimum absolute atomic E-state index is 0.177.